The molecule has 0 unspecified atom stereocenters. The van der Waals surface area contributed by atoms with Crippen molar-refractivity contribution in [2.45, 2.75) is 13.8 Å². The van der Waals surface area contributed by atoms with Gasteiger partial charge in [-0.25, -0.2) is 9.37 Å². The van der Waals surface area contributed by atoms with Gasteiger partial charge in [0, 0.05) is 17.8 Å². The lowest BCUT2D eigenvalue weighted by Crippen LogP contribution is -1.98. The zero-order valence-electron chi connectivity index (χ0n) is 11.1. The summed E-state index contributed by atoms with van der Waals surface area (Å²) >= 11 is 0. The van der Waals surface area contributed by atoms with Crippen LogP contribution >= 0.6 is 0 Å². The first-order chi connectivity index (χ1) is 9.60. The van der Waals surface area contributed by atoms with Crippen LogP contribution in [0.2, 0.25) is 0 Å². The van der Waals surface area contributed by atoms with E-state index in [0.717, 1.165) is 11.2 Å². The van der Waals surface area contributed by atoms with Crippen LogP contribution < -0.4 is 0 Å². The van der Waals surface area contributed by atoms with Gasteiger partial charge in [-0.15, -0.1) is 0 Å². The maximum Gasteiger partial charge on any atom is 0.155 e. The number of nitrogens with zero attached hydrogens (tertiary/aromatic N) is 4. The fourth-order valence-electron chi connectivity index (χ4n) is 2.19. The lowest BCUT2D eigenvalue weighted by Gasteiger charge is -2.05. The van der Waals surface area contributed by atoms with Gasteiger partial charge in [-0.2, -0.15) is 5.26 Å². The van der Waals surface area contributed by atoms with Gasteiger partial charge in [-0.1, -0.05) is 0 Å². The summed E-state index contributed by atoms with van der Waals surface area (Å²) in [6.07, 6.45) is 4.94. The SMILES string of the molecule is Cc1cncc(-n2cc(C#N)c3cc(F)c(C)cc32)n1. The lowest BCUT2D eigenvalue weighted by atomic mass is 10.1. The molecule has 0 aliphatic carbocycles. The van der Waals surface area contributed by atoms with Crippen LogP contribution in [0.4, 0.5) is 4.39 Å². The third kappa shape index (κ3) is 1.82. The first kappa shape index (κ1) is 12.3. The molecule has 5 heteroatoms. The molecule has 0 aliphatic rings. The average molecular weight is 266 g/mol. The van der Waals surface area contributed by atoms with E-state index in [9.17, 15) is 9.65 Å². The standard InChI is InChI=1S/C15H11FN4/c1-9-3-14-12(4-13(9)16)11(5-17)8-20(14)15-7-18-6-10(2)19-15/h3-4,6-8H,1-2H3. The summed E-state index contributed by atoms with van der Waals surface area (Å²) in [4.78, 5) is 8.49. The molecule has 0 spiro atoms. The molecule has 1 aromatic carbocycles. The number of benzene rings is 1. The number of nitriles is 1. The minimum absolute atomic E-state index is 0.318. The zero-order chi connectivity index (χ0) is 14.3. The van der Waals surface area contributed by atoms with Crippen molar-refractivity contribution in [1.29, 1.82) is 5.26 Å². The highest BCUT2D eigenvalue weighted by Gasteiger charge is 2.13. The van der Waals surface area contributed by atoms with Crippen LogP contribution in [0, 0.1) is 31.0 Å². The van der Waals surface area contributed by atoms with E-state index < -0.39 is 0 Å². The molecule has 0 saturated heterocycles. The Kier molecular flexibility index (Phi) is 2.72. The van der Waals surface area contributed by atoms with Gasteiger partial charge in [0.15, 0.2) is 5.82 Å². The Bertz CT molecular complexity index is 858. The number of halogens is 1. The molecule has 0 N–H and O–H groups in total. The third-order valence-corrected chi connectivity index (χ3v) is 3.19. The smallest absolute Gasteiger partial charge is 0.155 e. The maximum atomic E-state index is 13.7. The highest BCUT2D eigenvalue weighted by Crippen LogP contribution is 2.26. The molecule has 0 fully saturated rings. The van der Waals surface area contributed by atoms with Gasteiger partial charge in [0.1, 0.15) is 11.9 Å². The highest BCUT2D eigenvalue weighted by atomic mass is 19.1. The first-order valence-electron chi connectivity index (χ1n) is 6.10. The largest absolute Gasteiger partial charge is 0.299 e. The molecule has 3 aromatic rings. The van der Waals surface area contributed by atoms with E-state index in [-0.39, 0.29) is 5.82 Å². The highest BCUT2D eigenvalue weighted by molar-refractivity contribution is 5.88. The maximum absolute atomic E-state index is 13.7. The second-order valence-electron chi connectivity index (χ2n) is 4.66. The second-order valence-corrected chi connectivity index (χ2v) is 4.66. The van der Waals surface area contributed by atoms with Gasteiger partial charge >= 0.3 is 0 Å². The summed E-state index contributed by atoms with van der Waals surface area (Å²) in [7, 11) is 0. The summed E-state index contributed by atoms with van der Waals surface area (Å²) < 4.78 is 15.5. The van der Waals surface area contributed by atoms with Crippen LogP contribution in [0.3, 0.4) is 0 Å². The number of aryl methyl sites for hydroxylation is 2. The Morgan fingerprint density at radius 2 is 2.05 bits per heavy atom. The summed E-state index contributed by atoms with van der Waals surface area (Å²) in [6, 6.07) is 5.20. The Labute approximate surface area is 115 Å². The lowest BCUT2D eigenvalue weighted by molar-refractivity contribution is 0.620. The second kappa shape index (κ2) is 4.42. The zero-order valence-corrected chi connectivity index (χ0v) is 11.1. The van der Waals surface area contributed by atoms with Gasteiger partial charge in [0.2, 0.25) is 0 Å². The summed E-state index contributed by atoms with van der Waals surface area (Å²) in [5.74, 6) is 0.296. The Balaban J connectivity index is 2.37. The van der Waals surface area contributed by atoms with Crippen molar-refractivity contribution in [1.82, 2.24) is 14.5 Å². The molecular weight excluding hydrogens is 255 g/mol. The van der Waals surface area contributed by atoms with E-state index in [0.29, 0.717) is 22.3 Å². The molecular formula is C15H11FN4. The molecule has 2 heterocycles. The fourth-order valence-corrected chi connectivity index (χ4v) is 2.19. The molecule has 3 rings (SSSR count). The van der Waals surface area contributed by atoms with Crippen LogP contribution in [0.1, 0.15) is 16.8 Å². The van der Waals surface area contributed by atoms with Crippen LogP contribution in [0.5, 0.6) is 0 Å². The normalized spacial score (nSPS) is 10.7. The van der Waals surface area contributed by atoms with Gasteiger partial charge < -0.3 is 0 Å². The van der Waals surface area contributed by atoms with E-state index in [1.807, 2.05) is 6.92 Å². The van der Waals surface area contributed by atoms with Gasteiger partial charge in [0.05, 0.1) is 23.0 Å². The molecule has 20 heavy (non-hydrogen) atoms. The Morgan fingerprint density at radius 3 is 2.75 bits per heavy atom. The van der Waals surface area contributed by atoms with E-state index in [2.05, 4.69) is 16.0 Å². The average Bonchev–Trinajstić information content (AvgIpc) is 2.77. The van der Waals surface area contributed by atoms with Gasteiger partial charge in [0.25, 0.3) is 0 Å². The minimum atomic E-state index is -0.318. The predicted molar refractivity (Wildman–Crippen MR) is 73.0 cm³/mol. The molecule has 0 atom stereocenters. The molecule has 0 radical (unpaired) electrons. The fraction of sp³-hybridized carbons (Fsp3) is 0.133. The Morgan fingerprint density at radius 1 is 1.25 bits per heavy atom. The molecule has 4 nitrogen and oxygen atoms in total. The molecule has 2 aromatic heterocycles. The number of rotatable bonds is 1. The van der Waals surface area contributed by atoms with Gasteiger partial charge in [-0.05, 0) is 31.5 Å². The molecule has 0 bridgehead atoms. The molecule has 98 valence electrons. The van der Waals surface area contributed by atoms with Crippen molar-refractivity contribution in [3.05, 3.63) is 53.4 Å². The third-order valence-electron chi connectivity index (χ3n) is 3.19. The van der Waals surface area contributed by atoms with Crippen LogP contribution in [0.25, 0.3) is 16.7 Å². The van der Waals surface area contributed by atoms with Crippen molar-refractivity contribution in [2.24, 2.45) is 0 Å². The van der Waals surface area contributed by atoms with E-state index >= 15 is 0 Å². The topological polar surface area (TPSA) is 54.5 Å². The molecule has 0 amide bonds. The van der Waals surface area contributed by atoms with Crippen molar-refractivity contribution in [3.63, 3.8) is 0 Å². The summed E-state index contributed by atoms with van der Waals surface area (Å²) in [5, 5.41) is 9.77. The van der Waals surface area contributed by atoms with Crippen molar-refractivity contribution in [2.75, 3.05) is 0 Å². The number of hydrogen-bond acceptors (Lipinski definition) is 3. The van der Waals surface area contributed by atoms with E-state index in [1.54, 1.807) is 36.1 Å². The van der Waals surface area contributed by atoms with Crippen molar-refractivity contribution >= 4 is 10.9 Å². The first-order valence-corrected chi connectivity index (χ1v) is 6.10. The van der Waals surface area contributed by atoms with Crippen LogP contribution in [-0.2, 0) is 0 Å². The number of hydrogen-bond donors (Lipinski definition) is 0. The van der Waals surface area contributed by atoms with E-state index in [1.165, 1.54) is 6.07 Å². The summed E-state index contributed by atoms with van der Waals surface area (Å²) in [5.41, 5.74) is 2.48. The van der Waals surface area contributed by atoms with Crippen LogP contribution in [0.15, 0.2) is 30.7 Å². The van der Waals surface area contributed by atoms with E-state index in [4.69, 9.17) is 0 Å². The molecule has 0 aliphatic heterocycles. The minimum Gasteiger partial charge on any atom is -0.299 e. The molecule has 0 saturated carbocycles. The number of aromatic nitrogens is 3. The monoisotopic (exact) mass is 266 g/mol. The van der Waals surface area contributed by atoms with Crippen LogP contribution in [-0.4, -0.2) is 14.5 Å². The predicted octanol–water partition coefficient (Wildman–Crippen LogP) is 3.05. The van der Waals surface area contributed by atoms with Crippen molar-refractivity contribution < 1.29 is 4.39 Å². The van der Waals surface area contributed by atoms with Gasteiger partial charge in [-0.3, -0.25) is 9.55 Å². The van der Waals surface area contributed by atoms with Crippen molar-refractivity contribution in [3.8, 4) is 11.9 Å². The summed E-state index contributed by atoms with van der Waals surface area (Å²) in [6.45, 7) is 3.54. The Hall–Kier alpha value is -2.74. The quantitative estimate of drug-likeness (QED) is 0.680. The number of fused-ring (bicyclic) bond motifs is 1.